The number of nitrogens with two attached hydrogens (primary N) is 1. The Morgan fingerprint density at radius 1 is 1.38 bits per heavy atom. The normalized spacial score (nSPS) is 19.1. The molecule has 1 unspecified atom stereocenters. The van der Waals surface area contributed by atoms with Gasteiger partial charge in [0.2, 0.25) is 0 Å². The van der Waals surface area contributed by atoms with E-state index in [0.717, 1.165) is 32.1 Å². The maximum absolute atomic E-state index is 12.3. The van der Waals surface area contributed by atoms with Gasteiger partial charge in [-0.3, -0.25) is 4.90 Å². The molecule has 1 fully saturated rings. The van der Waals surface area contributed by atoms with Gasteiger partial charge in [-0.25, -0.2) is 0 Å². The summed E-state index contributed by atoms with van der Waals surface area (Å²) in [5.74, 6) is 0. The van der Waals surface area contributed by atoms with Crippen LogP contribution in [0.4, 0.5) is 13.2 Å². The summed E-state index contributed by atoms with van der Waals surface area (Å²) in [6, 6.07) is 0.298. The Labute approximate surface area is 95.0 Å². The molecule has 0 bridgehead atoms. The Morgan fingerprint density at radius 2 is 2.00 bits per heavy atom. The Balaban J connectivity index is 2.23. The summed E-state index contributed by atoms with van der Waals surface area (Å²) in [5, 5.41) is 0. The zero-order chi connectivity index (χ0) is 12.2. The molecule has 0 aromatic carbocycles. The lowest BCUT2D eigenvalue weighted by atomic mass is 10.1. The molecule has 0 aliphatic heterocycles. The molecule has 0 aromatic rings. The first kappa shape index (κ1) is 13.8. The Morgan fingerprint density at radius 3 is 2.44 bits per heavy atom. The molecule has 16 heavy (non-hydrogen) atoms. The zero-order valence-electron chi connectivity index (χ0n) is 9.76. The van der Waals surface area contributed by atoms with Crippen LogP contribution in [-0.4, -0.2) is 36.2 Å². The second-order valence-corrected chi connectivity index (χ2v) is 4.63. The van der Waals surface area contributed by atoms with Crippen molar-refractivity contribution in [2.45, 2.75) is 57.3 Å². The van der Waals surface area contributed by atoms with E-state index in [9.17, 15) is 13.2 Å². The minimum absolute atomic E-state index is 0.131. The third-order valence-electron chi connectivity index (χ3n) is 2.99. The molecule has 1 saturated carbocycles. The molecule has 1 rings (SSSR count). The predicted octanol–water partition coefficient (Wildman–Crippen LogP) is 2.53. The molecule has 1 atom stereocenters. The third-order valence-corrected chi connectivity index (χ3v) is 2.99. The van der Waals surface area contributed by atoms with E-state index in [2.05, 4.69) is 0 Å². The first-order chi connectivity index (χ1) is 7.42. The average Bonchev–Trinajstić information content (AvgIpc) is 2.97. The standard InChI is InChI=1S/C11H21F3N2/c1-2-9(15)4-3-7-16(10-5-6-10)8-11(12,13)14/h9-10H,2-8,15H2,1H3. The summed E-state index contributed by atoms with van der Waals surface area (Å²) in [6.07, 6.45) is 0.225. The highest BCUT2D eigenvalue weighted by Crippen LogP contribution is 2.30. The van der Waals surface area contributed by atoms with Gasteiger partial charge in [0.25, 0.3) is 0 Å². The summed E-state index contributed by atoms with van der Waals surface area (Å²) < 4.78 is 36.8. The van der Waals surface area contributed by atoms with Crippen LogP contribution in [0.25, 0.3) is 0 Å². The lowest BCUT2D eigenvalue weighted by Gasteiger charge is -2.23. The second-order valence-electron chi connectivity index (χ2n) is 4.63. The first-order valence-electron chi connectivity index (χ1n) is 5.98. The van der Waals surface area contributed by atoms with Crippen LogP contribution in [0.2, 0.25) is 0 Å². The molecule has 1 aliphatic rings. The van der Waals surface area contributed by atoms with Gasteiger partial charge >= 0.3 is 6.18 Å². The predicted molar refractivity (Wildman–Crippen MR) is 58.2 cm³/mol. The van der Waals surface area contributed by atoms with Gasteiger partial charge in [0, 0.05) is 12.1 Å². The van der Waals surface area contributed by atoms with E-state index in [1.807, 2.05) is 6.92 Å². The monoisotopic (exact) mass is 238 g/mol. The zero-order valence-corrected chi connectivity index (χ0v) is 9.76. The van der Waals surface area contributed by atoms with E-state index < -0.39 is 12.7 Å². The molecule has 2 N–H and O–H groups in total. The number of rotatable bonds is 7. The number of nitrogens with zero attached hydrogens (tertiary/aromatic N) is 1. The number of alkyl halides is 3. The van der Waals surface area contributed by atoms with Crippen molar-refractivity contribution in [3.05, 3.63) is 0 Å². The fraction of sp³-hybridized carbons (Fsp3) is 1.00. The maximum Gasteiger partial charge on any atom is 0.401 e. The van der Waals surface area contributed by atoms with E-state index in [0.29, 0.717) is 6.54 Å². The minimum Gasteiger partial charge on any atom is -0.328 e. The molecular weight excluding hydrogens is 217 g/mol. The van der Waals surface area contributed by atoms with Gasteiger partial charge in [-0.15, -0.1) is 0 Å². The van der Waals surface area contributed by atoms with Crippen molar-refractivity contribution in [1.82, 2.24) is 4.90 Å². The van der Waals surface area contributed by atoms with Crippen molar-refractivity contribution in [2.24, 2.45) is 5.73 Å². The van der Waals surface area contributed by atoms with Gasteiger partial charge in [-0.05, 0) is 38.6 Å². The molecule has 0 radical (unpaired) electrons. The van der Waals surface area contributed by atoms with E-state index in [1.165, 1.54) is 0 Å². The minimum atomic E-state index is -4.07. The van der Waals surface area contributed by atoms with Crippen LogP contribution in [0.3, 0.4) is 0 Å². The highest BCUT2D eigenvalue weighted by atomic mass is 19.4. The Hall–Kier alpha value is -0.290. The third kappa shape index (κ3) is 5.70. The van der Waals surface area contributed by atoms with Gasteiger partial charge in [0.05, 0.1) is 6.54 Å². The van der Waals surface area contributed by atoms with Crippen LogP contribution in [0, 0.1) is 0 Å². The fourth-order valence-electron chi connectivity index (χ4n) is 1.82. The summed E-state index contributed by atoms with van der Waals surface area (Å²) in [6.45, 7) is 1.76. The summed E-state index contributed by atoms with van der Waals surface area (Å²) in [5.41, 5.74) is 5.74. The summed E-state index contributed by atoms with van der Waals surface area (Å²) in [7, 11) is 0. The second kappa shape index (κ2) is 5.87. The van der Waals surface area contributed by atoms with Crippen LogP contribution in [0.15, 0.2) is 0 Å². The van der Waals surface area contributed by atoms with E-state index in [1.54, 1.807) is 4.90 Å². The molecule has 0 saturated heterocycles. The average molecular weight is 238 g/mol. The first-order valence-corrected chi connectivity index (χ1v) is 5.98. The molecule has 0 spiro atoms. The lowest BCUT2D eigenvalue weighted by Crippen LogP contribution is -2.37. The van der Waals surface area contributed by atoms with Crippen LogP contribution >= 0.6 is 0 Å². The van der Waals surface area contributed by atoms with Crippen LogP contribution in [0.5, 0.6) is 0 Å². The maximum atomic E-state index is 12.3. The van der Waals surface area contributed by atoms with Gasteiger partial charge in [-0.2, -0.15) is 13.2 Å². The van der Waals surface area contributed by atoms with Gasteiger partial charge in [0.1, 0.15) is 0 Å². The van der Waals surface area contributed by atoms with Crippen molar-refractivity contribution < 1.29 is 13.2 Å². The smallest absolute Gasteiger partial charge is 0.328 e. The highest BCUT2D eigenvalue weighted by Gasteiger charge is 2.37. The quantitative estimate of drug-likeness (QED) is 0.738. The fourth-order valence-corrected chi connectivity index (χ4v) is 1.82. The number of hydrogen-bond acceptors (Lipinski definition) is 2. The van der Waals surface area contributed by atoms with Crippen LogP contribution in [0.1, 0.15) is 39.0 Å². The number of halogens is 3. The Bertz CT molecular complexity index is 202. The molecule has 1 aliphatic carbocycles. The van der Waals surface area contributed by atoms with Gasteiger partial charge < -0.3 is 5.73 Å². The summed E-state index contributed by atoms with van der Waals surface area (Å²) >= 11 is 0. The lowest BCUT2D eigenvalue weighted by molar-refractivity contribution is -0.147. The largest absolute Gasteiger partial charge is 0.401 e. The molecular formula is C11H21F3N2. The van der Waals surface area contributed by atoms with Gasteiger partial charge in [-0.1, -0.05) is 6.92 Å². The molecule has 5 heteroatoms. The summed E-state index contributed by atoms with van der Waals surface area (Å²) in [4.78, 5) is 1.56. The van der Waals surface area contributed by atoms with Crippen molar-refractivity contribution in [3.8, 4) is 0 Å². The van der Waals surface area contributed by atoms with Crippen LogP contribution in [-0.2, 0) is 0 Å². The number of hydrogen-bond donors (Lipinski definition) is 1. The van der Waals surface area contributed by atoms with E-state index in [-0.39, 0.29) is 12.1 Å². The Kier molecular flexibility index (Phi) is 5.05. The molecule has 0 aromatic heterocycles. The molecule has 2 nitrogen and oxygen atoms in total. The molecule has 96 valence electrons. The SMILES string of the molecule is CCC(N)CCCN(CC(F)(F)F)C1CC1. The molecule has 0 heterocycles. The van der Waals surface area contributed by atoms with E-state index in [4.69, 9.17) is 5.73 Å². The topological polar surface area (TPSA) is 29.3 Å². The van der Waals surface area contributed by atoms with Crippen molar-refractivity contribution in [2.75, 3.05) is 13.1 Å². The van der Waals surface area contributed by atoms with Crippen molar-refractivity contribution in [1.29, 1.82) is 0 Å². The highest BCUT2D eigenvalue weighted by molar-refractivity contribution is 4.85. The molecule has 0 amide bonds. The van der Waals surface area contributed by atoms with Gasteiger partial charge in [0.15, 0.2) is 0 Å². The van der Waals surface area contributed by atoms with E-state index >= 15 is 0 Å². The van der Waals surface area contributed by atoms with Crippen molar-refractivity contribution >= 4 is 0 Å². The van der Waals surface area contributed by atoms with Crippen LogP contribution < -0.4 is 5.73 Å². The van der Waals surface area contributed by atoms with Crippen molar-refractivity contribution in [3.63, 3.8) is 0 Å².